The van der Waals surface area contributed by atoms with Crippen LogP contribution in [-0.4, -0.2) is 0 Å². The van der Waals surface area contributed by atoms with Gasteiger partial charge in [-0.2, -0.15) is 0 Å². The summed E-state index contributed by atoms with van der Waals surface area (Å²) in [6.45, 7) is 4.70. The van der Waals surface area contributed by atoms with Crippen molar-refractivity contribution in [2.75, 3.05) is 0 Å². The van der Waals surface area contributed by atoms with E-state index in [-0.39, 0.29) is 17.6 Å². The monoisotopic (exact) mass is 632 g/mol. The zero-order valence-electron chi connectivity index (χ0n) is 28.0. The normalized spacial score (nSPS) is 14.4. The van der Waals surface area contributed by atoms with Crippen LogP contribution in [0.5, 0.6) is 0 Å². The van der Waals surface area contributed by atoms with E-state index < -0.39 is 0 Å². The van der Waals surface area contributed by atoms with Crippen LogP contribution in [0.2, 0.25) is 0 Å². The molecule has 0 amide bonds. The van der Waals surface area contributed by atoms with Crippen molar-refractivity contribution < 1.29 is 0 Å². The summed E-state index contributed by atoms with van der Waals surface area (Å²) in [5.74, 6) is 0. The average Bonchev–Trinajstić information content (AvgIpc) is 3.38. The number of hydrogen-bond acceptors (Lipinski definition) is 2. The van der Waals surface area contributed by atoms with Crippen molar-refractivity contribution in [1.82, 2.24) is 5.32 Å². The Labute approximate surface area is 289 Å². The third kappa shape index (κ3) is 5.91. The maximum atomic E-state index is 6.90. The van der Waals surface area contributed by atoms with Gasteiger partial charge in [0, 0.05) is 5.41 Å². The van der Waals surface area contributed by atoms with Gasteiger partial charge in [0.1, 0.15) is 0 Å². The average molecular weight is 633 g/mol. The van der Waals surface area contributed by atoms with Gasteiger partial charge >= 0.3 is 0 Å². The van der Waals surface area contributed by atoms with Crippen LogP contribution in [0.3, 0.4) is 0 Å². The molecule has 2 heteroatoms. The van der Waals surface area contributed by atoms with E-state index >= 15 is 0 Å². The van der Waals surface area contributed by atoms with Gasteiger partial charge in [0.05, 0.1) is 12.2 Å². The molecule has 0 saturated heterocycles. The summed E-state index contributed by atoms with van der Waals surface area (Å²) in [5.41, 5.74) is 20.3. The van der Waals surface area contributed by atoms with Crippen LogP contribution in [0, 0.1) is 0 Å². The second-order valence-electron chi connectivity index (χ2n) is 13.6. The lowest BCUT2D eigenvalue weighted by atomic mass is 9.81. The van der Waals surface area contributed by atoms with Crippen molar-refractivity contribution in [3.8, 4) is 33.4 Å². The summed E-state index contributed by atoms with van der Waals surface area (Å²) >= 11 is 0. The number of rotatable bonds is 8. The molecule has 0 aromatic heterocycles. The molecule has 2 nitrogen and oxygen atoms in total. The van der Waals surface area contributed by atoms with E-state index in [4.69, 9.17) is 5.73 Å². The largest absolute Gasteiger partial charge is 0.312 e. The van der Waals surface area contributed by atoms with E-state index in [1.54, 1.807) is 0 Å². The molecule has 1 aliphatic rings. The maximum absolute atomic E-state index is 6.90. The van der Waals surface area contributed by atoms with Crippen LogP contribution in [0.25, 0.3) is 50.2 Å². The molecule has 0 bridgehead atoms. The van der Waals surface area contributed by atoms with E-state index in [1.165, 1.54) is 60.8 Å². The molecule has 0 heterocycles. The molecule has 2 unspecified atom stereocenters. The van der Waals surface area contributed by atoms with Crippen LogP contribution >= 0.6 is 0 Å². The molecule has 49 heavy (non-hydrogen) atoms. The molecule has 0 saturated carbocycles. The summed E-state index contributed by atoms with van der Waals surface area (Å²) in [5, 5.41) is 6.35. The molecule has 3 N–H and O–H groups in total. The van der Waals surface area contributed by atoms with Crippen LogP contribution < -0.4 is 11.1 Å². The Bertz CT molecular complexity index is 2230. The Balaban J connectivity index is 1.27. The lowest BCUT2D eigenvalue weighted by molar-refractivity contribution is 0.509. The fraction of sp³-hybridized carbons (Fsp3) is 0.106. The van der Waals surface area contributed by atoms with Crippen molar-refractivity contribution in [2.24, 2.45) is 5.73 Å². The minimum absolute atomic E-state index is 0.0968. The molecule has 238 valence electrons. The highest BCUT2D eigenvalue weighted by molar-refractivity contribution is 5.96. The lowest BCUT2D eigenvalue weighted by Gasteiger charge is -2.23. The summed E-state index contributed by atoms with van der Waals surface area (Å²) in [4.78, 5) is 0. The molecule has 0 spiro atoms. The van der Waals surface area contributed by atoms with E-state index in [9.17, 15) is 0 Å². The highest BCUT2D eigenvalue weighted by Crippen LogP contribution is 2.51. The zero-order valence-corrected chi connectivity index (χ0v) is 28.0. The van der Waals surface area contributed by atoms with Crippen molar-refractivity contribution >= 4 is 16.8 Å². The summed E-state index contributed by atoms with van der Waals surface area (Å²) in [6, 6.07) is 58.5. The number of hydrogen-bond donors (Lipinski definition) is 2. The number of nitrogens with one attached hydrogen (secondary N) is 1. The fourth-order valence-electron chi connectivity index (χ4n) is 7.48. The van der Waals surface area contributed by atoms with Crippen molar-refractivity contribution in [1.29, 1.82) is 0 Å². The summed E-state index contributed by atoms with van der Waals surface area (Å²) in [6.07, 6.45) is 4.24. The van der Waals surface area contributed by atoms with Crippen molar-refractivity contribution in [2.45, 2.75) is 31.5 Å². The van der Waals surface area contributed by atoms with E-state index in [2.05, 4.69) is 177 Å². The second kappa shape index (κ2) is 12.8. The first-order valence-corrected chi connectivity index (χ1v) is 17.1. The van der Waals surface area contributed by atoms with E-state index in [0.29, 0.717) is 0 Å². The Kier molecular flexibility index (Phi) is 8.05. The van der Waals surface area contributed by atoms with E-state index in [0.717, 1.165) is 11.1 Å². The molecule has 0 radical (unpaired) electrons. The quantitative estimate of drug-likeness (QED) is 0.164. The van der Waals surface area contributed by atoms with Gasteiger partial charge in [0.2, 0.25) is 0 Å². The Morgan fingerprint density at radius 2 is 1.10 bits per heavy atom. The van der Waals surface area contributed by atoms with Gasteiger partial charge in [-0.25, -0.2) is 0 Å². The fourth-order valence-corrected chi connectivity index (χ4v) is 7.48. The summed E-state index contributed by atoms with van der Waals surface area (Å²) in [7, 11) is 0. The smallest absolute Gasteiger partial charge is 0.0817 e. The predicted molar refractivity (Wildman–Crippen MR) is 207 cm³/mol. The van der Waals surface area contributed by atoms with Crippen LogP contribution in [0.1, 0.15) is 53.9 Å². The third-order valence-electron chi connectivity index (χ3n) is 10.1. The topological polar surface area (TPSA) is 38.0 Å². The molecular weight excluding hydrogens is 593 g/mol. The molecule has 7 aromatic carbocycles. The first-order valence-electron chi connectivity index (χ1n) is 17.1. The van der Waals surface area contributed by atoms with Gasteiger partial charge in [-0.3, -0.25) is 5.32 Å². The Hall–Kier alpha value is -5.54. The minimum Gasteiger partial charge on any atom is -0.312 e. The second-order valence-corrected chi connectivity index (χ2v) is 13.6. The Morgan fingerprint density at radius 1 is 0.531 bits per heavy atom. The number of benzene rings is 7. The number of fused-ring (bicyclic) bond motifs is 4. The number of nitrogens with two attached hydrogens (primary N) is 1. The third-order valence-corrected chi connectivity index (χ3v) is 10.1. The molecule has 0 aliphatic heterocycles. The molecule has 8 rings (SSSR count). The minimum atomic E-state index is -0.357. The first kappa shape index (κ1) is 30.8. The SMILES string of the molecule is CC1(C)c2cc3ccccc3cc2-c2c(/C=C/C(NC(N)c3ccccc3)c3cc(-c4ccccc4)cc(-c4ccccc4)c3)cccc21. The van der Waals surface area contributed by atoms with Crippen molar-refractivity contribution in [3.05, 3.63) is 198 Å². The highest BCUT2D eigenvalue weighted by Gasteiger charge is 2.36. The van der Waals surface area contributed by atoms with Gasteiger partial charge in [0.25, 0.3) is 0 Å². The standard InChI is InChI=1S/C47H40N2/c1-47(2)42-24-14-23-34(45(42)41-30-36-21-12-13-22-37(36)31-43(41)47)25-26-44(49-46(48)35-19-10-5-11-20-35)40-28-38(32-15-6-3-7-16-32)27-39(29-40)33-17-8-4-9-18-33/h3-31,44,46,49H,48H2,1-2H3/b26-25+. The lowest BCUT2D eigenvalue weighted by Crippen LogP contribution is -2.31. The molecular formula is C47H40N2. The zero-order chi connectivity index (χ0) is 33.4. The Morgan fingerprint density at radius 3 is 1.73 bits per heavy atom. The van der Waals surface area contributed by atoms with Gasteiger partial charge in [-0.1, -0.05) is 159 Å². The highest BCUT2D eigenvalue weighted by atomic mass is 15.0. The van der Waals surface area contributed by atoms with Crippen molar-refractivity contribution in [3.63, 3.8) is 0 Å². The van der Waals surface area contributed by atoms with Crippen LogP contribution in [-0.2, 0) is 5.41 Å². The summed E-state index contributed by atoms with van der Waals surface area (Å²) < 4.78 is 0. The molecule has 2 atom stereocenters. The van der Waals surface area contributed by atoms with Crippen LogP contribution in [0.4, 0.5) is 0 Å². The molecule has 1 aliphatic carbocycles. The van der Waals surface area contributed by atoms with Crippen LogP contribution in [0.15, 0.2) is 170 Å². The molecule has 7 aromatic rings. The van der Waals surface area contributed by atoms with Gasteiger partial charge in [-0.05, 0) is 102 Å². The van der Waals surface area contributed by atoms with Gasteiger partial charge in [0.15, 0.2) is 0 Å². The molecule has 0 fully saturated rings. The van der Waals surface area contributed by atoms with E-state index in [1.807, 2.05) is 18.2 Å². The predicted octanol–water partition coefficient (Wildman–Crippen LogP) is 11.5. The van der Waals surface area contributed by atoms with Gasteiger partial charge in [-0.15, -0.1) is 0 Å². The first-order chi connectivity index (χ1) is 24.0. The maximum Gasteiger partial charge on any atom is 0.0817 e. The van der Waals surface area contributed by atoms with Gasteiger partial charge < -0.3 is 5.73 Å².